The van der Waals surface area contributed by atoms with Crippen molar-refractivity contribution in [2.75, 3.05) is 11.9 Å². The second-order valence-corrected chi connectivity index (χ2v) is 9.27. The number of anilines is 1. The van der Waals surface area contributed by atoms with Crippen molar-refractivity contribution < 1.29 is 13.2 Å². The molecule has 0 radical (unpaired) electrons. The molecular formula is C24H22N4O4S. The summed E-state index contributed by atoms with van der Waals surface area (Å²) in [6.07, 6.45) is -0.0244. The van der Waals surface area contributed by atoms with Crippen LogP contribution < -0.4 is 15.6 Å². The summed E-state index contributed by atoms with van der Waals surface area (Å²) >= 11 is 0. The Morgan fingerprint density at radius 1 is 0.970 bits per heavy atom. The smallest absolute Gasteiger partial charge is 0.251 e. The Morgan fingerprint density at radius 2 is 1.70 bits per heavy atom. The molecule has 0 fully saturated rings. The number of hydrogen-bond donors (Lipinski definition) is 3. The lowest BCUT2D eigenvalue weighted by atomic mass is 10.1. The molecule has 4 rings (SSSR count). The molecule has 0 saturated heterocycles. The van der Waals surface area contributed by atoms with E-state index in [1.807, 2.05) is 24.3 Å². The third kappa shape index (κ3) is 5.51. The monoisotopic (exact) mass is 462 g/mol. The average molecular weight is 463 g/mol. The van der Waals surface area contributed by atoms with E-state index in [2.05, 4.69) is 20.0 Å². The van der Waals surface area contributed by atoms with Gasteiger partial charge in [-0.05, 0) is 42.0 Å². The number of benzene rings is 3. The highest BCUT2D eigenvalue weighted by atomic mass is 32.2. The fraction of sp³-hybridized carbons (Fsp3) is 0.125. The van der Waals surface area contributed by atoms with Crippen LogP contribution in [-0.4, -0.2) is 30.8 Å². The molecule has 1 amide bonds. The van der Waals surface area contributed by atoms with Gasteiger partial charge in [-0.2, -0.15) is 0 Å². The molecule has 0 aliphatic heterocycles. The SMILES string of the molecule is Cc1nc(-c2ccc(NC(=O)CCNS(=O)(=O)c3ccc4ccccc4c3)cc2)cc(=O)[nH]1. The Balaban J connectivity index is 1.33. The second-order valence-electron chi connectivity index (χ2n) is 7.50. The molecule has 4 aromatic rings. The van der Waals surface area contributed by atoms with Crippen molar-refractivity contribution >= 4 is 32.4 Å². The average Bonchev–Trinajstić information content (AvgIpc) is 2.78. The molecule has 33 heavy (non-hydrogen) atoms. The number of H-pyrrole nitrogens is 1. The Bertz CT molecular complexity index is 1480. The molecule has 0 spiro atoms. The van der Waals surface area contributed by atoms with E-state index in [1.165, 1.54) is 6.07 Å². The van der Waals surface area contributed by atoms with Crippen molar-refractivity contribution in [3.05, 3.63) is 89.0 Å². The molecule has 0 atom stereocenters. The number of nitrogens with zero attached hydrogens (tertiary/aromatic N) is 1. The van der Waals surface area contributed by atoms with Gasteiger partial charge in [0.2, 0.25) is 15.9 Å². The Labute approximate surface area is 190 Å². The first kappa shape index (κ1) is 22.4. The summed E-state index contributed by atoms with van der Waals surface area (Å²) in [4.78, 5) is 30.9. The Kier molecular flexibility index (Phi) is 6.34. The molecule has 8 nitrogen and oxygen atoms in total. The highest BCUT2D eigenvalue weighted by Gasteiger charge is 2.15. The summed E-state index contributed by atoms with van der Waals surface area (Å²) in [6.45, 7) is 1.67. The first-order valence-corrected chi connectivity index (χ1v) is 11.8. The van der Waals surface area contributed by atoms with Gasteiger partial charge in [-0.25, -0.2) is 18.1 Å². The molecule has 168 valence electrons. The van der Waals surface area contributed by atoms with Gasteiger partial charge in [0.05, 0.1) is 10.6 Å². The standard InChI is InChI=1S/C24H22N4O4S/c1-16-26-22(15-24(30)27-16)18-6-9-20(10-7-18)28-23(29)12-13-25-33(31,32)21-11-8-17-4-2-3-5-19(17)14-21/h2-11,14-15,25H,12-13H2,1H3,(H,28,29)(H,26,27,30). The molecule has 1 aromatic heterocycles. The van der Waals surface area contributed by atoms with Crippen LogP contribution in [0.4, 0.5) is 5.69 Å². The second kappa shape index (κ2) is 9.35. The normalized spacial score (nSPS) is 11.4. The Morgan fingerprint density at radius 3 is 2.42 bits per heavy atom. The minimum atomic E-state index is -3.73. The van der Waals surface area contributed by atoms with Crippen molar-refractivity contribution in [3.63, 3.8) is 0 Å². The minimum absolute atomic E-state index is 0.0244. The van der Waals surface area contributed by atoms with Crippen molar-refractivity contribution in [1.82, 2.24) is 14.7 Å². The van der Waals surface area contributed by atoms with Crippen LogP contribution in [0.1, 0.15) is 12.2 Å². The van der Waals surface area contributed by atoms with E-state index in [1.54, 1.807) is 49.4 Å². The number of rotatable bonds is 7. The Hall–Kier alpha value is -3.82. The van der Waals surface area contributed by atoms with Gasteiger partial charge < -0.3 is 10.3 Å². The maximum atomic E-state index is 12.6. The molecule has 0 unspecified atom stereocenters. The van der Waals surface area contributed by atoms with Crippen molar-refractivity contribution in [2.24, 2.45) is 0 Å². The van der Waals surface area contributed by atoms with Gasteiger partial charge in [-0.1, -0.05) is 42.5 Å². The summed E-state index contributed by atoms with van der Waals surface area (Å²) in [5.74, 6) is 0.190. The predicted molar refractivity (Wildman–Crippen MR) is 127 cm³/mol. The lowest BCUT2D eigenvalue weighted by molar-refractivity contribution is -0.116. The highest BCUT2D eigenvalue weighted by molar-refractivity contribution is 7.89. The van der Waals surface area contributed by atoms with Crippen molar-refractivity contribution in [3.8, 4) is 11.3 Å². The van der Waals surface area contributed by atoms with Gasteiger partial charge in [-0.15, -0.1) is 0 Å². The summed E-state index contributed by atoms with van der Waals surface area (Å²) in [7, 11) is -3.73. The molecule has 0 aliphatic carbocycles. The van der Waals surface area contributed by atoms with Crippen LogP contribution in [0.5, 0.6) is 0 Å². The molecule has 0 aliphatic rings. The zero-order valence-electron chi connectivity index (χ0n) is 17.8. The number of nitrogens with one attached hydrogen (secondary N) is 3. The van der Waals surface area contributed by atoms with Gasteiger partial charge >= 0.3 is 0 Å². The third-order valence-corrected chi connectivity index (χ3v) is 6.46. The number of sulfonamides is 1. The zero-order chi connectivity index (χ0) is 23.4. The largest absolute Gasteiger partial charge is 0.326 e. The fourth-order valence-electron chi connectivity index (χ4n) is 3.39. The fourth-order valence-corrected chi connectivity index (χ4v) is 4.46. The first-order valence-electron chi connectivity index (χ1n) is 10.3. The van der Waals surface area contributed by atoms with E-state index in [9.17, 15) is 18.0 Å². The third-order valence-electron chi connectivity index (χ3n) is 5.00. The van der Waals surface area contributed by atoms with Gasteiger partial charge in [0.1, 0.15) is 5.82 Å². The van der Waals surface area contributed by atoms with Crippen LogP contribution in [0.3, 0.4) is 0 Å². The number of aromatic amines is 1. The van der Waals surface area contributed by atoms with E-state index in [0.717, 1.165) is 16.3 Å². The van der Waals surface area contributed by atoms with E-state index >= 15 is 0 Å². The van der Waals surface area contributed by atoms with Crippen molar-refractivity contribution in [2.45, 2.75) is 18.2 Å². The molecule has 1 heterocycles. The molecule has 0 saturated carbocycles. The van der Waals surface area contributed by atoms with Crippen LogP contribution in [-0.2, 0) is 14.8 Å². The number of fused-ring (bicyclic) bond motifs is 1. The molecule has 9 heteroatoms. The molecular weight excluding hydrogens is 440 g/mol. The lowest BCUT2D eigenvalue weighted by Gasteiger charge is -2.09. The van der Waals surface area contributed by atoms with Gasteiger partial charge in [0, 0.05) is 30.3 Å². The molecule has 0 bridgehead atoms. The molecule has 3 N–H and O–H groups in total. The first-order chi connectivity index (χ1) is 15.8. The summed E-state index contributed by atoms with van der Waals surface area (Å²) in [5, 5.41) is 4.51. The molecule has 3 aromatic carbocycles. The minimum Gasteiger partial charge on any atom is -0.326 e. The highest BCUT2D eigenvalue weighted by Crippen LogP contribution is 2.20. The van der Waals surface area contributed by atoms with Gasteiger partial charge in [0.15, 0.2) is 0 Å². The topological polar surface area (TPSA) is 121 Å². The van der Waals surface area contributed by atoms with E-state index in [-0.39, 0.29) is 29.3 Å². The maximum absolute atomic E-state index is 12.6. The zero-order valence-corrected chi connectivity index (χ0v) is 18.6. The van der Waals surface area contributed by atoms with Crippen molar-refractivity contribution in [1.29, 1.82) is 0 Å². The van der Waals surface area contributed by atoms with Gasteiger partial charge in [0.25, 0.3) is 5.56 Å². The number of amides is 1. The number of carbonyl (C=O) groups excluding carboxylic acids is 1. The number of hydrogen-bond acceptors (Lipinski definition) is 5. The van der Waals surface area contributed by atoms with E-state index < -0.39 is 10.0 Å². The number of carbonyl (C=O) groups is 1. The van der Waals surface area contributed by atoms with Crippen LogP contribution in [0.15, 0.2) is 82.5 Å². The predicted octanol–water partition coefficient (Wildman–Crippen LogP) is 3.21. The number of aromatic nitrogens is 2. The van der Waals surface area contributed by atoms with Crippen LogP contribution in [0.2, 0.25) is 0 Å². The number of aryl methyl sites for hydroxylation is 1. The summed E-state index contributed by atoms with van der Waals surface area (Å²) < 4.78 is 27.6. The lowest BCUT2D eigenvalue weighted by Crippen LogP contribution is -2.27. The quantitative estimate of drug-likeness (QED) is 0.389. The van der Waals surface area contributed by atoms with Crippen LogP contribution in [0.25, 0.3) is 22.0 Å². The van der Waals surface area contributed by atoms with E-state index in [4.69, 9.17) is 0 Å². The van der Waals surface area contributed by atoms with Crippen LogP contribution in [0, 0.1) is 6.92 Å². The summed E-state index contributed by atoms with van der Waals surface area (Å²) in [6, 6.07) is 20.7. The van der Waals surface area contributed by atoms with Crippen LogP contribution >= 0.6 is 0 Å². The maximum Gasteiger partial charge on any atom is 0.251 e. The van der Waals surface area contributed by atoms with E-state index in [0.29, 0.717) is 17.2 Å². The summed E-state index contributed by atoms with van der Waals surface area (Å²) in [5.41, 5.74) is 1.60. The van der Waals surface area contributed by atoms with Gasteiger partial charge in [-0.3, -0.25) is 9.59 Å².